The van der Waals surface area contributed by atoms with Gasteiger partial charge in [0, 0.05) is 57.7 Å². The number of Topliss-reactive ketones (excluding diaryl/α,β-unsaturated/α-hetero) is 1. The monoisotopic (exact) mass is 1570 g/mol. The van der Waals surface area contributed by atoms with Gasteiger partial charge in [0.2, 0.25) is 5.91 Å². The van der Waals surface area contributed by atoms with Crippen molar-refractivity contribution >= 4 is 71.1 Å². The molecule has 1 aliphatic rings. The van der Waals surface area contributed by atoms with Crippen molar-refractivity contribution in [1.82, 2.24) is 19.6 Å². The van der Waals surface area contributed by atoms with Gasteiger partial charge in [0.1, 0.15) is 26.4 Å². The molecule has 3 unspecified atom stereocenters. The molecular formula is C84H143N5O22. The van der Waals surface area contributed by atoms with Crippen LogP contribution in [0.1, 0.15) is 297 Å². The van der Waals surface area contributed by atoms with Gasteiger partial charge in [0.05, 0.1) is 76.9 Å². The second-order valence-corrected chi connectivity index (χ2v) is 30.6. The number of esters is 3. The predicted octanol–water partition coefficient (Wildman–Crippen LogP) is 13.9. The molecule has 636 valence electrons. The first-order chi connectivity index (χ1) is 53.5. The first-order valence-corrected chi connectivity index (χ1v) is 42.3. The van der Waals surface area contributed by atoms with E-state index in [4.69, 9.17) is 23.7 Å². The number of unbranched alkanes of at least 4 members (excludes halogenated alkanes) is 36. The summed E-state index contributed by atoms with van der Waals surface area (Å²) in [5.74, 6) is -12.2. The number of carboxylic acids is 6. The first-order valence-electron chi connectivity index (χ1n) is 42.3. The average molecular weight is 1580 g/mol. The molecule has 27 heteroatoms. The molecule has 3 atom stereocenters. The molecule has 0 bridgehead atoms. The van der Waals surface area contributed by atoms with Gasteiger partial charge in [-0.3, -0.25) is 72.3 Å². The highest BCUT2D eigenvalue weighted by atomic mass is 16.6. The van der Waals surface area contributed by atoms with Crippen molar-refractivity contribution in [2.75, 3.05) is 117 Å². The fourth-order valence-electron chi connectivity index (χ4n) is 14.0. The average Bonchev–Trinajstić information content (AvgIpc) is 0.755. The zero-order valence-electron chi connectivity index (χ0n) is 68.0. The number of carboxylic acid groups (broad SMARTS) is 6. The van der Waals surface area contributed by atoms with Crippen molar-refractivity contribution in [2.45, 2.75) is 315 Å². The van der Waals surface area contributed by atoms with Gasteiger partial charge in [-0.1, -0.05) is 270 Å². The maximum Gasteiger partial charge on any atom is 0.317 e. The Kier molecular flexibility index (Phi) is 58.5. The summed E-state index contributed by atoms with van der Waals surface area (Å²) in [5.41, 5.74) is -1.29. The number of ketones is 1. The lowest BCUT2D eigenvalue weighted by atomic mass is 9.84. The number of anilines is 1. The number of aliphatic carboxylic acids is 6. The van der Waals surface area contributed by atoms with E-state index in [-0.39, 0.29) is 57.8 Å². The number of rotatable bonds is 79. The fraction of sp³-hybridized carbons (Fsp3) is 0.798. The standard InChI is InChI=1S/C84H143N5O22/c1-4-7-10-13-16-19-22-25-28-31-34-37-43-48-71(90)64-111-84(67-109-80(103)49-44-38-35-32-29-26-23-20-17-14-11-8-5-2,68-110-81(104)50-45-39-36-33-30-27-24-21-18-15-12-9-6-3)66-107-65-73-72(83(106)89(73)69-46-41-40-42-47-69)55-82(105)108-63-70(88(61-78(99)100)62-79(101)102)56-86(58-75(93)94)53-51-85(57-74(91)92)52-54-87(59-76(95)96)60-77(97)98/h40-42,46-47,70,72-73H,4-39,43-45,48-68H2,1-3H3,(H,91,92)(H,93,94)(H,95,96)(H,97,98)(H,99,100)(H,101,102). The Morgan fingerprint density at radius 1 is 0.405 bits per heavy atom. The molecule has 0 saturated carbocycles. The molecule has 0 aromatic heterocycles. The van der Waals surface area contributed by atoms with Gasteiger partial charge in [0.15, 0.2) is 11.4 Å². The Morgan fingerprint density at radius 3 is 1.14 bits per heavy atom. The van der Waals surface area contributed by atoms with Gasteiger partial charge in [-0.2, -0.15) is 0 Å². The molecule has 0 radical (unpaired) electrons. The van der Waals surface area contributed by atoms with Crippen LogP contribution in [0.2, 0.25) is 0 Å². The van der Waals surface area contributed by atoms with Crippen LogP contribution in [0, 0.1) is 5.92 Å². The molecule has 27 nitrogen and oxygen atoms in total. The lowest BCUT2D eigenvalue weighted by Gasteiger charge is -2.47. The number of ether oxygens (including phenoxy) is 5. The molecule has 1 amide bonds. The SMILES string of the molecule is CCCCCCCCCCCCCCCC(=O)COC(COCC1C(CC(=O)OCC(CN(CCN(CCN(CC(=O)O)CC(=O)O)CC(=O)O)CC(=O)O)N(CC(=O)O)CC(=O)O)C(=O)N1c1ccccc1)(COC(=O)CCCCCCCCCCCCCCC)COC(=O)CCCCCCCCCCCCCCC. The van der Waals surface area contributed by atoms with Crippen molar-refractivity contribution in [3.05, 3.63) is 30.3 Å². The molecule has 0 aliphatic carbocycles. The third-order valence-corrected chi connectivity index (χ3v) is 20.5. The molecule has 1 aromatic carbocycles. The number of β-lactam (4-membered cyclic amide) rings is 1. The second-order valence-electron chi connectivity index (χ2n) is 30.6. The smallest absolute Gasteiger partial charge is 0.317 e. The van der Waals surface area contributed by atoms with Gasteiger partial charge in [0.25, 0.3) is 0 Å². The van der Waals surface area contributed by atoms with E-state index in [0.29, 0.717) is 24.9 Å². The summed E-state index contributed by atoms with van der Waals surface area (Å²) in [4.78, 5) is 148. The molecular weight excluding hydrogens is 1430 g/mol. The van der Waals surface area contributed by atoms with Crippen molar-refractivity contribution in [3.63, 3.8) is 0 Å². The second kappa shape index (κ2) is 64.7. The Bertz CT molecular complexity index is 2580. The van der Waals surface area contributed by atoms with Crippen molar-refractivity contribution in [3.8, 4) is 0 Å². The zero-order chi connectivity index (χ0) is 81.5. The highest BCUT2D eigenvalue weighted by molar-refractivity contribution is 6.04. The normalized spacial score (nSPS) is 13.9. The van der Waals surface area contributed by atoms with Crippen LogP contribution in [0.3, 0.4) is 0 Å². The highest BCUT2D eigenvalue weighted by Crippen LogP contribution is 2.36. The Labute approximate surface area is 662 Å². The summed E-state index contributed by atoms with van der Waals surface area (Å²) in [7, 11) is 0. The molecule has 1 heterocycles. The number of carbonyl (C=O) groups excluding carboxylic acids is 5. The lowest BCUT2D eigenvalue weighted by molar-refractivity contribution is -0.186. The van der Waals surface area contributed by atoms with Crippen molar-refractivity contribution < 1.29 is 107 Å². The molecule has 2 rings (SSSR count). The number of amides is 1. The molecule has 0 spiro atoms. The highest BCUT2D eigenvalue weighted by Gasteiger charge is 2.50. The van der Waals surface area contributed by atoms with Crippen molar-refractivity contribution in [2.24, 2.45) is 5.92 Å². The van der Waals surface area contributed by atoms with Gasteiger partial charge in [-0.15, -0.1) is 0 Å². The molecule has 6 N–H and O–H groups in total. The van der Waals surface area contributed by atoms with Crippen LogP contribution >= 0.6 is 0 Å². The van der Waals surface area contributed by atoms with Crippen LogP contribution in [0.25, 0.3) is 0 Å². The number of hydrogen-bond donors (Lipinski definition) is 6. The largest absolute Gasteiger partial charge is 0.480 e. The van der Waals surface area contributed by atoms with E-state index in [0.717, 1.165) is 86.8 Å². The predicted molar refractivity (Wildman–Crippen MR) is 425 cm³/mol. The van der Waals surface area contributed by atoms with Gasteiger partial charge >= 0.3 is 53.7 Å². The fourth-order valence-corrected chi connectivity index (χ4v) is 14.0. The van der Waals surface area contributed by atoms with E-state index in [1.54, 1.807) is 30.3 Å². The van der Waals surface area contributed by atoms with Gasteiger partial charge < -0.3 is 59.2 Å². The molecule has 1 aromatic rings. The lowest BCUT2D eigenvalue weighted by Crippen LogP contribution is -2.64. The van der Waals surface area contributed by atoms with Crippen LogP contribution in [0.5, 0.6) is 0 Å². The maximum atomic E-state index is 14.4. The minimum Gasteiger partial charge on any atom is -0.480 e. The van der Waals surface area contributed by atoms with Crippen LogP contribution in [0.15, 0.2) is 30.3 Å². The summed E-state index contributed by atoms with van der Waals surface area (Å²) >= 11 is 0. The van der Waals surface area contributed by atoms with E-state index < -0.39 is 169 Å². The van der Waals surface area contributed by atoms with E-state index in [2.05, 4.69) is 20.8 Å². The van der Waals surface area contributed by atoms with E-state index in [1.807, 2.05) is 0 Å². The topological polar surface area (TPSA) is 372 Å². The minimum absolute atomic E-state index is 0.113. The Morgan fingerprint density at radius 2 is 0.748 bits per heavy atom. The summed E-state index contributed by atoms with van der Waals surface area (Å²) < 4.78 is 30.9. The number of carbonyl (C=O) groups is 11. The van der Waals surface area contributed by atoms with E-state index in [9.17, 15) is 83.4 Å². The van der Waals surface area contributed by atoms with Gasteiger partial charge in [-0.25, -0.2) is 0 Å². The van der Waals surface area contributed by atoms with Gasteiger partial charge in [-0.05, 0) is 31.4 Å². The van der Waals surface area contributed by atoms with E-state index in [1.165, 1.54) is 169 Å². The summed E-state index contributed by atoms with van der Waals surface area (Å²) in [6.45, 7) is -2.10. The van der Waals surface area contributed by atoms with Crippen LogP contribution in [-0.4, -0.2) is 245 Å². The Hall–Kier alpha value is -6.65. The molecule has 111 heavy (non-hydrogen) atoms. The minimum atomic E-state index is -1.73. The summed E-state index contributed by atoms with van der Waals surface area (Å²) in [6, 6.07) is 6.30. The molecule has 1 aliphatic heterocycles. The third kappa shape index (κ3) is 52.4. The van der Waals surface area contributed by atoms with E-state index >= 15 is 0 Å². The zero-order valence-corrected chi connectivity index (χ0v) is 68.0. The first kappa shape index (κ1) is 100. The Balaban J connectivity index is 2.49. The number of para-hydroxylation sites is 1. The van der Waals surface area contributed by atoms with Crippen LogP contribution in [-0.2, 0) is 76.4 Å². The molecule has 1 fully saturated rings. The third-order valence-electron chi connectivity index (χ3n) is 20.5. The quantitative estimate of drug-likeness (QED) is 0.0153. The number of nitrogens with zero attached hydrogens (tertiary/aromatic N) is 5. The number of benzene rings is 1. The number of hydrogen-bond acceptors (Lipinski definition) is 20. The van der Waals surface area contributed by atoms with Crippen LogP contribution in [0.4, 0.5) is 5.69 Å². The molecule has 1 saturated heterocycles. The van der Waals surface area contributed by atoms with Crippen molar-refractivity contribution in [1.29, 1.82) is 0 Å². The summed E-state index contributed by atoms with van der Waals surface area (Å²) in [6.07, 6.45) is 43.8. The summed E-state index contributed by atoms with van der Waals surface area (Å²) in [5, 5.41) is 58.5. The van der Waals surface area contributed by atoms with Crippen LogP contribution < -0.4 is 4.90 Å². The maximum absolute atomic E-state index is 14.4.